The van der Waals surface area contributed by atoms with Gasteiger partial charge >= 0.3 is 5.97 Å². The molecular formula is C11H10Cl3N5O2. The number of ether oxygens (including phenoxy) is 1. The fourth-order valence-electron chi connectivity index (χ4n) is 1.50. The van der Waals surface area contributed by atoms with E-state index in [9.17, 15) is 4.79 Å². The van der Waals surface area contributed by atoms with Gasteiger partial charge in [-0.25, -0.2) is 14.5 Å². The number of nitrogens with zero attached hydrogens (tertiary/aromatic N) is 5. The Morgan fingerprint density at radius 1 is 1.33 bits per heavy atom. The van der Waals surface area contributed by atoms with Gasteiger partial charge in [0, 0.05) is 12.7 Å². The zero-order valence-corrected chi connectivity index (χ0v) is 13.2. The minimum absolute atomic E-state index is 0.0519. The maximum atomic E-state index is 11.9. The normalized spacial score (nSPS) is 10.7. The molecule has 0 bridgehead atoms. The smallest absolute Gasteiger partial charge is 0.358 e. The van der Waals surface area contributed by atoms with Crippen LogP contribution in [0.2, 0.25) is 15.1 Å². The van der Waals surface area contributed by atoms with Crippen LogP contribution in [0, 0.1) is 0 Å². The second kappa shape index (κ2) is 7.02. The number of hydrogen-bond acceptors (Lipinski definition) is 6. The molecule has 0 aliphatic carbocycles. The van der Waals surface area contributed by atoms with Crippen LogP contribution in [0.5, 0.6) is 0 Å². The van der Waals surface area contributed by atoms with E-state index in [4.69, 9.17) is 39.5 Å². The van der Waals surface area contributed by atoms with Crippen LogP contribution >= 0.6 is 34.8 Å². The molecule has 21 heavy (non-hydrogen) atoms. The number of aryl methyl sites for hydroxylation is 1. The molecule has 2 heterocycles. The number of rotatable bonds is 5. The summed E-state index contributed by atoms with van der Waals surface area (Å²) in [6.07, 6.45) is 2.08. The first-order valence-corrected chi connectivity index (χ1v) is 7.09. The lowest BCUT2D eigenvalue weighted by molar-refractivity contribution is 0.0449. The van der Waals surface area contributed by atoms with Crippen molar-refractivity contribution in [3.8, 4) is 0 Å². The summed E-state index contributed by atoms with van der Waals surface area (Å²) in [7, 11) is 0. The number of pyridine rings is 1. The van der Waals surface area contributed by atoms with Crippen molar-refractivity contribution in [1.82, 2.24) is 25.2 Å². The molecule has 0 aliphatic heterocycles. The number of tetrazole rings is 1. The van der Waals surface area contributed by atoms with Crippen LogP contribution in [0.4, 0.5) is 0 Å². The van der Waals surface area contributed by atoms with E-state index in [0.29, 0.717) is 12.4 Å². The quantitative estimate of drug-likeness (QED) is 0.771. The Balaban J connectivity index is 2.09. The molecule has 0 unspecified atom stereocenters. The molecule has 0 fully saturated rings. The van der Waals surface area contributed by atoms with Crippen LogP contribution in [-0.2, 0) is 17.9 Å². The number of hydrogen-bond donors (Lipinski definition) is 0. The van der Waals surface area contributed by atoms with Crippen molar-refractivity contribution in [2.75, 3.05) is 0 Å². The van der Waals surface area contributed by atoms with Gasteiger partial charge in [0.2, 0.25) is 0 Å². The van der Waals surface area contributed by atoms with Gasteiger partial charge in [0.25, 0.3) is 0 Å². The van der Waals surface area contributed by atoms with Crippen molar-refractivity contribution >= 4 is 40.8 Å². The van der Waals surface area contributed by atoms with Crippen molar-refractivity contribution in [2.24, 2.45) is 0 Å². The van der Waals surface area contributed by atoms with Gasteiger partial charge in [0.15, 0.2) is 18.1 Å². The zero-order valence-electron chi connectivity index (χ0n) is 10.9. The highest BCUT2D eigenvalue weighted by molar-refractivity contribution is 6.48. The third kappa shape index (κ3) is 3.61. The second-order valence-electron chi connectivity index (χ2n) is 3.98. The van der Waals surface area contributed by atoms with E-state index in [1.807, 2.05) is 6.92 Å². The van der Waals surface area contributed by atoms with Gasteiger partial charge in [-0.3, -0.25) is 0 Å². The topological polar surface area (TPSA) is 82.8 Å². The van der Waals surface area contributed by atoms with Crippen LogP contribution < -0.4 is 0 Å². The molecule has 10 heteroatoms. The van der Waals surface area contributed by atoms with E-state index in [-0.39, 0.29) is 27.4 Å². The zero-order chi connectivity index (χ0) is 15.4. The third-order valence-corrected chi connectivity index (χ3v) is 3.73. The molecule has 0 aromatic carbocycles. The summed E-state index contributed by atoms with van der Waals surface area (Å²) < 4.78 is 6.64. The predicted octanol–water partition coefficient (Wildman–Crippen LogP) is 2.80. The third-order valence-electron chi connectivity index (χ3n) is 2.48. The lowest BCUT2D eigenvalue weighted by atomic mass is 10.3. The minimum Gasteiger partial charge on any atom is -0.453 e. The van der Waals surface area contributed by atoms with Crippen LogP contribution in [0.3, 0.4) is 0 Å². The molecule has 0 radical (unpaired) electrons. The van der Waals surface area contributed by atoms with Gasteiger partial charge in [0.05, 0.1) is 15.1 Å². The molecular weight excluding hydrogens is 341 g/mol. The van der Waals surface area contributed by atoms with Gasteiger partial charge in [-0.2, -0.15) is 0 Å². The Labute approximate surface area is 135 Å². The molecule has 2 aromatic rings. The average Bonchev–Trinajstić information content (AvgIpc) is 2.90. The number of esters is 1. The first-order chi connectivity index (χ1) is 10.0. The molecule has 0 spiro atoms. The molecule has 2 aromatic heterocycles. The Morgan fingerprint density at radius 2 is 2.10 bits per heavy atom. The monoisotopic (exact) mass is 349 g/mol. The average molecular weight is 351 g/mol. The second-order valence-corrected chi connectivity index (χ2v) is 5.14. The van der Waals surface area contributed by atoms with Crippen molar-refractivity contribution < 1.29 is 9.53 Å². The Morgan fingerprint density at radius 3 is 2.81 bits per heavy atom. The van der Waals surface area contributed by atoms with Gasteiger partial charge in [-0.15, -0.1) is 5.10 Å². The van der Waals surface area contributed by atoms with E-state index < -0.39 is 5.97 Å². The van der Waals surface area contributed by atoms with Crippen molar-refractivity contribution in [3.05, 3.63) is 32.8 Å². The van der Waals surface area contributed by atoms with Crippen LogP contribution in [0.15, 0.2) is 6.20 Å². The fraction of sp³-hybridized carbons (Fsp3) is 0.364. The van der Waals surface area contributed by atoms with E-state index in [0.717, 1.165) is 6.42 Å². The Hall–Kier alpha value is -1.44. The molecule has 0 saturated carbocycles. The first-order valence-electron chi connectivity index (χ1n) is 5.96. The predicted molar refractivity (Wildman–Crippen MR) is 76.5 cm³/mol. The van der Waals surface area contributed by atoms with Gasteiger partial charge in [-0.1, -0.05) is 41.7 Å². The van der Waals surface area contributed by atoms with E-state index in [1.165, 1.54) is 6.20 Å². The molecule has 0 amide bonds. The van der Waals surface area contributed by atoms with E-state index in [2.05, 4.69) is 20.5 Å². The summed E-state index contributed by atoms with van der Waals surface area (Å²) in [6, 6.07) is 0. The molecule has 2 rings (SSSR count). The summed E-state index contributed by atoms with van der Waals surface area (Å²) in [5, 5.41) is 11.2. The first kappa shape index (κ1) is 15.9. The lowest BCUT2D eigenvalue weighted by Gasteiger charge is -2.07. The number of halogens is 3. The number of aromatic nitrogens is 5. The summed E-state index contributed by atoms with van der Waals surface area (Å²) in [5.41, 5.74) is -0.111. The molecule has 0 atom stereocenters. The minimum atomic E-state index is -0.732. The van der Waals surface area contributed by atoms with E-state index >= 15 is 0 Å². The van der Waals surface area contributed by atoms with Crippen molar-refractivity contribution in [3.63, 3.8) is 0 Å². The van der Waals surface area contributed by atoms with Gasteiger partial charge in [-0.05, 0) is 16.8 Å². The highest BCUT2D eigenvalue weighted by Gasteiger charge is 2.19. The maximum absolute atomic E-state index is 11.9. The summed E-state index contributed by atoms with van der Waals surface area (Å²) >= 11 is 17.5. The van der Waals surface area contributed by atoms with Crippen LogP contribution in [-0.4, -0.2) is 31.2 Å². The molecule has 0 aliphatic rings. The van der Waals surface area contributed by atoms with Crippen molar-refractivity contribution in [1.29, 1.82) is 0 Å². The molecule has 7 nitrogen and oxygen atoms in total. The highest BCUT2D eigenvalue weighted by Crippen LogP contribution is 2.31. The lowest BCUT2D eigenvalue weighted by Crippen LogP contribution is -2.12. The Bertz CT molecular complexity index is 661. The van der Waals surface area contributed by atoms with Crippen molar-refractivity contribution in [2.45, 2.75) is 26.5 Å². The molecule has 0 N–H and O–H groups in total. The molecule has 0 saturated heterocycles. The Kier molecular flexibility index (Phi) is 5.33. The summed E-state index contributed by atoms with van der Waals surface area (Å²) in [5.74, 6) is -0.300. The molecule has 112 valence electrons. The summed E-state index contributed by atoms with van der Waals surface area (Å²) in [4.78, 5) is 15.8. The van der Waals surface area contributed by atoms with Crippen LogP contribution in [0.25, 0.3) is 0 Å². The summed E-state index contributed by atoms with van der Waals surface area (Å²) in [6.45, 7) is 2.52. The highest BCUT2D eigenvalue weighted by atomic mass is 35.5. The number of carbonyl (C=O) groups is 1. The largest absolute Gasteiger partial charge is 0.453 e. The fourth-order valence-corrected chi connectivity index (χ4v) is 2.05. The maximum Gasteiger partial charge on any atom is 0.358 e. The SMILES string of the molecule is CCCn1nnnc1COC(=O)c1ncc(Cl)c(Cl)c1Cl. The van der Waals surface area contributed by atoms with Crippen LogP contribution in [0.1, 0.15) is 29.7 Å². The van der Waals surface area contributed by atoms with Gasteiger partial charge in [0.1, 0.15) is 0 Å². The van der Waals surface area contributed by atoms with E-state index in [1.54, 1.807) is 4.68 Å². The number of carbonyl (C=O) groups excluding carboxylic acids is 1. The van der Waals surface area contributed by atoms with Gasteiger partial charge < -0.3 is 4.74 Å². The standard InChI is InChI=1S/C11H10Cl3N5O2/c1-2-3-19-7(16-17-18-19)5-21-11(20)10-9(14)8(13)6(12)4-15-10/h4H,2-3,5H2,1H3.